The fraction of sp³-hybridized carbons (Fsp3) is 0.643. The number of likely N-dealkylation sites (N-methyl/N-ethyl adjacent to an activating group) is 2. The van der Waals surface area contributed by atoms with Crippen LogP contribution in [0.15, 0.2) is 23.2 Å². The molecule has 1 aromatic heterocycles. The van der Waals surface area contributed by atoms with Gasteiger partial charge in [-0.1, -0.05) is 0 Å². The quantitative estimate of drug-likeness (QED) is 0.834. The number of sulfonamides is 1. The number of nitrogens with two attached hydrogens (primary N) is 1. The summed E-state index contributed by atoms with van der Waals surface area (Å²) >= 11 is 0. The van der Waals surface area contributed by atoms with Gasteiger partial charge in [-0.3, -0.25) is 4.98 Å². The van der Waals surface area contributed by atoms with Crippen molar-refractivity contribution in [1.29, 1.82) is 0 Å². The first-order valence-electron chi connectivity index (χ1n) is 7.11. The van der Waals surface area contributed by atoms with Crippen LogP contribution >= 0.6 is 0 Å². The molecule has 0 aliphatic heterocycles. The summed E-state index contributed by atoms with van der Waals surface area (Å²) < 4.78 is 27.0. The summed E-state index contributed by atoms with van der Waals surface area (Å²) in [5.74, 6) is 0. The molecule has 0 unspecified atom stereocenters. The van der Waals surface area contributed by atoms with Crippen molar-refractivity contribution < 1.29 is 8.42 Å². The number of rotatable bonds is 6. The summed E-state index contributed by atoms with van der Waals surface area (Å²) in [7, 11) is 2.09. The maximum Gasteiger partial charge on any atom is 0.244 e. The minimum atomic E-state index is -3.56. The summed E-state index contributed by atoms with van der Waals surface area (Å²) in [5, 5.41) is 0. The van der Waals surface area contributed by atoms with E-state index in [-0.39, 0.29) is 17.0 Å². The highest BCUT2D eigenvalue weighted by molar-refractivity contribution is 7.89. The number of aromatic nitrogens is 1. The first kappa shape index (κ1) is 16.4. The van der Waals surface area contributed by atoms with Gasteiger partial charge in [0.25, 0.3) is 0 Å². The molecule has 6 nitrogen and oxygen atoms in total. The number of nitrogens with zero attached hydrogens (tertiary/aromatic N) is 3. The van der Waals surface area contributed by atoms with E-state index < -0.39 is 10.0 Å². The molecule has 0 saturated heterocycles. The maximum atomic E-state index is 12.8. The number of hydrogen-bond donors (Lipinski definition) is 1. The van der Waals surface area contributed by atoms with Crippen molar-refractivity contribution in [1.82, 2.24) is 14.2 Å². The Morgan fingerprint density at radius 2 is 2.00 bits per heavy atom. The van der Waals surface area contributed by atoms with Gasteiger partial charge in [-0.05, 0) is 45.5 Å². The Hall–Kier alpha value is -1.02. The molecular formula is C14H24N4O2S. The molecule has 21 heavy (non-hydrogen) atoms. The van der Waals surface area contributed by atoms with E-state index in [0.717, 1.165) is 19.3 Å². The second kappa shape index (κ2) is 6.00. The highest BCUT2D eigenvalue weighted by atomic mass is 32.2. The van der Waals surface area contributed by atoms with Crippen molar-refractivity contribution in [2.75, 3.05) is 27.7 Å². The second-order valence-corrected chi connectivity index (χ2v) is 7.90. The minimum absolute atomic E-state index is 0.0487. The first-order chi connectivity index (χ1) is 9.83. The van der Waals surface area contributed by atoms with Gasteiger partial charge in [0.05, 0.1) is 5.69 Å². The van der Waals surface area contributed by atoms with Crippen LogP contribution in [0.3, 0.4) is 0 Å². The van der Waals surface area contributed by atoms with Crippen molar-refractivity contribution in [2.24, 2.45) is 5.73 Å². The van der Waals surface area contributed by atoms with Crippen LogP contribution in [-0.2, 0) is 16.6 Å². The summed E-state index contributed by atoms with van der Waals surface area (Å²) in [4.78, 5) is 6.42. The molecule has 2 rings (SSSR count). The molecule has 7 heteroatoms. The molecule has 1 heterocycles. The fourth-order valence-electron chi connectivity index (χ4n) is 2.81. The van der Waals surface area contributed by atoms with Gasteiger partial charge < -0.3 is 10.6 Å². The molecule has 0 spiro atoms. The normalized spacial score (nSPS) is 18.0. The van der Waals surface area contributed by atoms with Crippen molar-refractivity contribution in [3.8, 4) is 0 Å². The molecule has 0 atom stereocenters. The summed E-state index contributed by atoms with van der Waals surface area (Å²) in [5.41, 5.74) is 5.97. The Kier molecular flexibility index (Phi) is 4.67. The van der Waals surface area contributed by atoms with Gasteiger partial charge in [-0.15, -0.1) is 0 Å². The molecule has 1 fully saturated rings. The van der Waals surface area contributed by atoms with Crippen LogP contribution in [0.2, 0.25) is 0 Å². The van der Waals surface area contributed by atoms with Gasteiger partial charge in [0.1, 0.15) is 4.90 Å². The average Bonchev–Trinajstić information content (AvgIpc) is 2.41. The van der Waals surface area contributed by atoms with E-state index in [9.17, 15) is 8.42 Å². The van der Waals surface area contributed by atoms with Crippen LogP contribution in [0.1, 0.15) is 25.0 Å². The summed E-state index contributed by atoms with van der Waals surface area (Å²) in [6.07, 6.45) is 4.76. The summed E-state index contributed by atoms with van der Waals surface area (Å²) in [6.45, 7) is 0.601. The van der Waals surface area contributed by atoms with Gasteiger partial charge >= 0.3 is 0 Å². The highest BCUT2D eigenvalue weighted by Crippen LogP contribution is 2.37. The lowest BCUT2D eigenvalue weighted by molar-refractivity contribution is 0.0455. The van der Waals surface area contributed by atoms with E-state index in [2.05, 4.69) is 9.88 Å². The standard InChI is InChI=1S/C14H24N4O2S/c1-17(2)14(7-5-8-14)11-18(3)21(19,20)13-6-4-9-16-12(13)10-15/h4,6,9H,5,7-8,10-11,15H2,1-3H3. The van der Waals surface area contributed by atoms with Gasteiger partial charge in [0, 0.05) is 31.9 Å². The molecule has 1 aliphatic rings. The zero-order valence-corrected chi connectivity index (χ0v) is 13.7. The molecular weight excluding hydrogens is 288 g/mol. The molecule has 0 bridgehead atoms. The third kappa shape index (κ3) is 2.96. The molecule has 0 radical (unpaired) electrons. The zero-order chi connectivity index (χ0) is 15.7. The molecule has 2 N–H and O–H groups in total. The third-order valence-electron chi connectivity index (χ3n) is 4.48. The SMILES string of the molecule is CN(C)C1(CN(C)S(=O)(=O)c2cccnc2CN)CCC1. The molecule has 0 amide bonds. The lowest BCUT2D eigenvalue weighted by Crippen LogP contribution is -2.57. The predicted octanol–water partition coefficient (Wildman–Crippen LogP) is 0.645. The van der Waals surface area contributed by atoms with Crippen LogP contribution < -0.4 is 5.73 Å². The third-order valence-corrected chi connectivity index (χ3v) is 6.36. The van der Waals surface area contributed by atoms with Crippen LogP contribution in [0, 0.1) is 0 Å². The van der Waals surface area contributed by atoms with Gasteiger partial charge in [0.2, 0.25) is 10.0 Å². The van der Waals surface area contributed by atoms with E-state index in [1.54, 1.807) is 25.4 Å². The Labute approximate surface area is 127 Å². The monoisotopic (exact) mass is 312 g/mol. The van der Waals surface area contributed by atoms with Crippen LogP contribution in [0.4, 0.5) is 0 Å². The number of hydrogen-bond acceptors (Lipinski definition) is 5. The van der Waals surface area contributed by atoms with Gasteiger partial charge in [0.15, 0.2) is 0 Å². The first-order valence-corrected chi connectivity index (χ1v) is 8.55. The molecule has 1 aliphatic carbocycles. The molecule has 0 aromatic carbocycles. The Morgan fingerprint density at radius 3 is 2.48 bits per heavy atom. The highest BCUT2D eigenvalue weighted by Gasteiger charge is 2.42. The van der Waals surface area contributed by atoms with Gasteiger partial charge in [-0.2, -0.15) is 4.31 Å². The van der Waals surface area contributed by atoms with Crippen molar-refractivity contribution in [3.05, 3.63) is 24.0 Å². The zero-order valence-electron chi connectivity index (χ0n) is 12.9. The van der Waals surface area contributed by atoms with Crippen molar-refractivity contribution in [2.45, 2.75) is 36.2 Å². The Bertz CT molecular complexity index is 597. The molecule has 1 saturated carbocycles. The van der Waals surface area contributed by atoms with Crippen molar-refractivity contribution in [3.63, 3.8) is 0 Å². The van der Waals surface area contributed by atoms with Gasteiger partial charge in [-0.25, -0.2) is 8.42 Å². The minimum Gasteiger partial charge on any atom is -0.325 e. The maximum absolute atomic E-state index is 12.8. The fourth-order valence-corrected chi connectivity index (χ4v) is 4.24. The average molecular weight is 312 g/mol. The van der Waals surface area contributed by atoms with Crippen LogP contribution in [0.25, 0.3) is 0 Å². The van der Waals surface area contributed by atoms with Crippen LogP contribution in [0.5, 0.6) is 0 Å². The number of pyridine rings is 1. The van der Waals surface area contributed by atoms with Crippen molar-refractivity contribution >= 4 is 10.0 Å². The summed E-state index contributed by atoms with van der Waals surface area (Å²) in [6, 6.07) is 3.20. The Morgan fingerprint density at radius 1 is 1.33 bits per heavy atom. The molecule has 1 aromatic rings. The smallest absolute Gasteiger partial charge is 0.244 e. The Balaban J connectivity index is 2.27. The lowest BCUT2D eigenvalue weighted by atomic mass is 9.75. The lowest BCUT2D eigenvalue weighted by Gasteiger charge is -2.49. The predicted molar refractivity (Wildman–Crippen MR) is 82.2 cm³/mol. The van der Waals surface area contributed by atoms with E-state index in [1.807, 2.05) is 14.1 Å². The van der Waals surface area contributed by atoms with E-state index in [0.29, 0.717) is 12.2 Å². The second-order valence-electron chi connectivity index (χ2n) is 5.89. The molecule has 118 valence electrons. The van der Waals surface area contributed by atoms with E-state index in [1.165, 1.54) is 4.31 Å². The largest absolute Gasteiger partial charge is 0.325 e. The topological polar surface area (TPSA) is 79.5 Å². The van der Waals surface area contributed by atoms with Crippen LogP contribution in [-0.4, -0.2) is 55.8 Å². The van der Waals surface area contributed by atoms with E-state index in [4.69, 9.17) is 5.73 Å². The van der Waals surface area contributed by atoms with E-state index >= 15 is 0 Å².